The molecule has 0 radical (unpaired) electrons. The van der Waals surface area contributed by atoms with Crippen molar-refractivity contribution >= 4 is 28.5 Å². The molecule has 0 atom stereocenters. The fourth-order valence-electron chi connectivity index (χ4n) is 4.65. The van der Waals surface area contributed by atoms with E-state index in [0.717, 1.165) is 54.8 Å². The van der Waals surface area contributed by atoms with E-state index in [4.69, 9.17) is 9.51 Å². The molecule has 0 N–H and O–H groups in total. The first-order valence-corrected chi connectivity index (χ1v) is 12.1. The van der Waals surface area contributed by atoms with Crippen molar-refractivity contribution in [1.82, 2.24) is 15.0 Å². The molecule has 1 saturated carbocycles. The summed E-state index contributed by atoms with van der Waals surface area (Å²) in [7, 11) is 0. The normalized spacial score (nSPS) is 16.8. The van der Waals surface area contributed by atoms with Gasteiger partial charge in [-0.05, 0) is 61.9 Å². The molecule has 7 nitrogen and oxygen atoms in total. The standard InChI is InChI=1S/C27H32N4O3/c1-17(32)18-7-9-20(10-8-18)30-11-13-31(14-12-30)26(33)21-15-22(19-5-6-19)28-25-24(21)23(29-34-25)16-27(2,3)4/h7-10,15,19H,5-6,11-14,16H2,1-4H3. The Balaban J connectivity index is 1.38. The van der Waals surface area contributed by atoms with Crippen LogP contribution >= 0.6 is 0 Å². The first kappa shape index (κ1) is 22.6. The van der Waals surface area contributed by atoms with Crippen LogP contribution in [0.1, 0.15) is 78.6 Å². The van der Waals surface area contributed by atoms with Crippen LogP contribution in [0.15, 0.2) is 34.9 Å². The maximum atomic E-state index is 13.8. The second kappa shape index (κ2) is 8.53. The van der Waals surface area contributed by atoms with Crippen LogP contribution in [0, 0.1) is 5.41 Å². The van der Waals surface area contributed by atoms with Crippen molar-refractivity contribution in [2.24, 2.45) is 5.41 Å². The van der Waals surface area contributed by atoms with E-state index in [9.17, 15) is 9.59 Å². The van der Waals surface area contributed by atoms with Gasteiger partial charge in [-0.2, -0.15) is 0 Å². The summed E-state index contributed by atoms with van der Waals surface area (Å²) < 4.78 is 5.63. The van der Waals surface area contributed by atoms with E-state index >= 15 is 0 Å². The number of pyridine rings is 1. The molecule has 0 bridgehead atoms. The van der Waals surface area contributed by atoms with Gasteiger partial charge in [0.15, 0.2) is 5.78 Å². The first-order valence-electron chi connectivity index (χ1n) is 12.1. The highest BCUT2D eigenvalue weighted by atomic mass is 16.5. The number of ketones is 1. The molecule has 0 unspecified atom stereocenters. The Morgan fingerprint density at radius 2 is 1.74 bits per heavy atom. The number of amides is 1. The largest absolute Gasteiger partial charge is 0.368 e. The third kappa shape index (κ3) is 4.56. The average molecular weight is 461 g/mol. The highest BCUT2D eigenvalue weighted by molar-refractivity contribution is 6.06. The van der Waals surface area contributed by atoms with Gasteiger partial charge in [0.1, 0.15) is 0 Å². The molecule has 178 valence electrons. The highest BCUT2D eigenvalue weighted by Crippen LogP contribution is 2.41. The van der Waals surface area contributed by atoms with Crippen molar-refractivity contribution in [3.63, 3.8) is 0 Å². The van der Waals surface area contributed by atoms with Crippen LogP contribution in [0.2, 0.25) is 0 Å². The predicted octanol–water partition coefficient (Wildman–Crippen LogP) is 4.85. The topological polar surface area (TPSA) is 79.5 Å². The first-order chi connectivity index (χ1) is 16.2. The van der Waals surface area contributed by atoms with Crippen molar-refractivity contribution in [3.8, 4) is 0 Å². The second-order valence-electron chi connectivity index (χ2n) is 10.8. The maximum Gasteiger partial charge on any atom is 0.259 e. The molecule has 1 aromatic carbocycles. The van der Waals surface area contributed by atoms with Crippen LogP contribution in [-0.4, -0.2) is 52.9 Å². The molecule has 1 aliphatic heterocycles. The molecule has 2 fully saturated rings. The van der Waals surface area contributed by atoms with E-state index in [-0.39, 0.29) is 17.1 Å². The van der Waals surface area contributed by atoms with Gasteiger partial charge in [0.25, 0.3) is 11.6 Å². The summed E-state index contributed by atoms with van der Waals surface area (Å²) in [6, 6.07) is 9.69. The fraction of sp³-hybridized carbons (Fsp3) is 0.481. The molecule has 1 saturated heterocycles. The lowest BCUT2D eigenvalue weighted by Crippen LogP contribution is -2.48. The number of piperazine rings is 1. The van der Waals surface area contributed by atoms with E-state index in [1.807, 2.05) is 35.2 Å². The van der Waals surface area contributed by atoms with Gasteiger partial charge in [0, 0.05) is 49.0 Å². The van der Waals surface area contributed by atoms with Crippen molar-refractivity contribution in [2.75, 3.05) is 31.1 Å². The summed E-state index contributed by atoms with van der Waals surface area (Å²) in [5.74, 6) is 0.511. The van der Waals surface area contributed by atoms with Gasteiger partial charge in [0.05, 0.1) is 16.6 Å². The van der Waals surface area contributed by atoms with Crippen LogP contribution in [0.25, 0.3) is 11.1 Å². The number of nitrogens with zero attached hydrogens (tertiary/aromatic N) is 4. The molecule has 2 aliphatic rings. The maximum absolute atomic E-state index is 13.8. The molecule has 2 aromatic heterocycles. The van der Waals surface area contributed by atoms with Gasteiger partial charge in [0.2, 0.25) is 0 Å². The number of hydrogen-bond donors (Lipinski definition) is 0. The van der Waals surface area contributed by atoms with Gasteiger partial charge in [-0.25, -0.2) is 4.98 Å². The zero-order chi connectivity index (χ0) is 24.0. The number of hydrogen-bond acceptors (Lipinski definition) is 6. The number of anilines is 1. The van der Waals surface area contributed by atoms with Crippen LogP contribution in [-0.2, 0) is 6.42 Å². The van der Waals surface area contributed by atoms with Crippen molar-refractivity contribution in [2.45, 2.75) is 52.9 Å². The smallest absolute Gasteiger partial charge is 0.259 e. The van der Waals surface area contributed by atoms with Crippen molar-refractivity contribution in [1.29, 1.82) is 0 Å². The third-order valence-electron chi connectivity index (χ3n) is 6.67. The molecular weight excluding hydrogens is 428 g/mol. The minimum Gasteiger partial charge on any atom is -0.368 e. The highest BCUT2D eigenvalue weighted by Gasteiger charge is 2.32. The second-order valence-corrected chi connectivity index (χ2v) is 10.8. The van der Waals surface area contributed by atoms with Crippen LogP contribution in [0.5, 0.6) is 0 Å². The van der Waals surface area contributed by atoms with Gasteiger partial charge < -0.3 is 14.3 Å². The zero-order valence-corrected chi connectivity index (χ0v) is 20.4. The van der Waals surface area contributed by atoms with Crippen LogP contribution < -0.4 is 4.90 Å². The number of aromatic nitrogens is 2. The minimum atomic E-state index is 0.0167. The molecule has 3 heterocycles. The summed E-state index contributed by atoms with van der Waals surface area (Å²) in [6.45, 7) is 10.8. The third-order valence-corrected chi connectivity index (χ3v) is 6.67. The van der Waals surface area contributed by atoms with Gasteiger partial charge in [-0.1, -0.05) is 25.9 Å². The number of carbonyl (C=O) groups excluding carboxylic acids is 2. The quantitative estimate of drug-likeness (QED) is 0.506. The van der Waals surface area contributed by atoms with Crippen molar-refractivity contribution in [3.05, 3.63) is 52.8 Å². The Morgan fingerprint density at radius 1 is 1.06 bits per heavy atom. The predicted molar refractivity (Wildman–Crippen MR) is 132 cm³/mol. The summed E-state index contributed by atoms with van der Waals surface area (Å²) in [6.07, 6.45) is 2.93. The summed E-state index contributed by atoms with van der Waals surface area (Å²) >= 11 is 0. The van der Waals surface area contributed by atoms with E-state index < -0.39 is 0 Å². The number of benzene rings is 1. The Hall–Kier alpha value is -3.22. The van der Waals surface area contributed by atoms with E-state index in [0.29, 0.717) is 35.8 Å². The Labute approximate surface area is 200 Å². The molecule has 0 spiro atoms. The van der Waals surface area contributed by atoms with Crippen LogP contribution in [0.3, 0.4) is 0 Å². The SMILES string of the molecule is CC(=O)c1ccc(N2CCN(C(=O)c3cc(C4CC4)nc4onc(CC(C)(C)C)c34)CC2)cc1. The van der Waals surface area contributed by atoms with Gasteiger partial charge >= 0.3 is 0 Å². The molecule has 34 heavy (non-hydrogen) atoms. The van der Waals surface area contributed by atoms with E-state index in [1.165, 1.54) is 0 Å². The van der Waals surface area contributed by atoms with Gasteiger partial charge in [-0.3, -0.25) is 9.59 Å². The monoisotopic (exact) mass is 460 g/mol. The Bertz CT molecular complexity index is 1230. The summed E-state index contributed by atoms with van der Waals surface area (Å²) in [5.41, 5.74) is 4.71. The lowest BCUT2D eigenvalue weighted by atomic mass is 9.89. The molecule has 7 heteroatoms. The van der Waals surface area contributed by atoms with Gasteiger partial charge in [-0.15, -0.1) is 0 Å². The molecular formula is C27H32N4O3. The Kier molecular flexibility index (Phi) is 5.66. The average Bonchev–Trinajstić information content (AvgIpc) is 3.59. The number of rotatable bonds is 5. The molecule has 1 aliphatic carbocycles. The van der Waals surface area contributed by atoms with E-state index in [1.54, 1.807) is 6.92 Å². The minimum absolute atomic E-state index is 0.0167. The number of Topliss-reactive ketones (excluding diaryl/α,β-unsaturated/α-hetero) is 1. The van der Waals surface area contributed by atoms with Crippen LogP contribution in [0.4, 0.5) is 5.69 Å². The molecule has 5 rings (SSSR count). The number of carbonyl (C=O) groups is 2. The Morgan fingerprint density at radius 3 is 2.32 bits per heavy atom. The molecule has 1 amide bonds. The van der Waals surface area contributed by atoms with Crippen molar-refractivity contribution < 1.29 is 14.1 Å². The molecule has 3 aromatic rings. The summed E-state index contributed by atoms with van der Waals surface area (Å²) in [5, 5.41) is 5.09. The summed E-state index contributed by atoms with van der Waals surface area (Å²) in [4.78, 5) is 34.2. The lowest BCUT2D eigenvalue weighted by Gasteiger charge is -2.36. The van der Waals surface area contributed by atoms with E-state index in [2.05, 4.69) is 30.8 Å². The zero-order valence-electron chi connectivity index (χ0n) is 20.4. The number of fused-ring (bicyclic) bond motifs is 1. The fourth-order valence-corrected chi connectivity index (χ4v) is 4.65. The lowest BCUT2D eigenvalue weighted by molar-refractivity contribution is 0.0748.